The predicted molar refractivity (Wildman–Crippen MR) is 133 cm³/mol. The molecule has 0 spiro atoms. The Bertz CT molecular complexity index is 735. The van der Waals surface area contributed by atoms with Crippen molar-refractivity contribution in [3.05, 3.63) is 65.7 Å². The second-order valence-corrected chi connectivity index (χ2v) is 7.17. The van der Waals surface area contributed by atoms with Crippen molar-refractivity contribution in [2.24, 2.45) is 10.7 Å². The highest BCUT2D eigenvalue weighted by molar-refractivity contribution is 14.0. The molecule has 0 bridgehead atoms. The number of aliphatic imine (C=N–C) groups is 1. The van der Waals surface area contributed by atoms with Crippen LogP contribution in [0.3, 0.4) is 0 Å². The molecule has 30 heavy (non-hydrogen) atoms. The Balaban J connectivity index is 0.00000320. The van der Waals surface area contributed by atoms with E-state index in [0.29, 0.717) is 12.6 Å². The molecule has 164 valence electrons. The van der Waals surface area contributed by atoms with Crippen molar-refractivity contribution in [3.63, 3.8) is 0 Å². The zero-order valence-corrected chi connectivity index (χ0v) is 19.8. The van der Waals surface area contributed by atoms with Crippen LogP contribution in [0.25, 0.3) is 0 Å². The highest BCUT2D eigenvalue weighted by atomic mass is 127. The Hall–Kier alpha value is -1.84. The molecule has 0 saturated carbocycles. The maximum absolute atomic E-state index is 5.96. The molecule has 1 aliphatic rings. The monoisotopic (exact) mass is 524 g/mol. The molecule has 0 atom stereocenters. The van der Waals surface area contributed by atoms with E-state index in [1.165, 1.54) is 11.1 Å². The normalized spacial score (nSPS) is 14.7. The van der Waals surface area contributed by atoms with Gasteiger partial charge in [-0.15, -0.1) is 24.0 Å². The van der Waals surface area contributed by atoms with Crippen molar-refractivity contribution in [2.75, 3.05) is 45.9 Å². The van der Waals surface area contributed by atoms with Crippen LogP contribution in [0.5, 0.6) is 5.75 Å². The van der Waals surface area contributed by atoms with E-state index in [2.05, 4.69) is 39.5 Å². The number of nitrogens with two attached hydrogens (primary N) is 1. The van der Waals surface area contributed by atoms with Gasteiger partial charge in [0.15, 0.2) is 5.96 Å². The Kier molecular flexibility index (Phi) is 11.6. The first-order chi connectivity index (χ1) is 14.3. The van der Waals surface area contributed by atoms with Gasteiger partial charge >= 0.3 is 0 Å². The van der Waals surface area contributed by atoms with E-state index in [-0.39, 0.29) is 24.0 Å². The molecular weight excluding hydrogens is 491 g/mol. The first-order valence-electron chi connectivity index (χ1n) is 10.4. The Morgan fingerprint density at radius 2 is 1.77 bits per heavy atom. The first kappa shape index (κ1) is 24.4. The lowest BCUT2D eigenvalue weighted by Gasteiger charge is -2.26. The average Bonchev–Trinajstić information content (AvgIpc) is 2.78. The van der Waals surface area contributed by atoms with Crippen LogP contribution in [0, 0.1) is 0 Å². The molecular formula is C23H33IN4O2. The van der Waals surface area contributed by atoms with Crippen molar-refractivity contribution in [2.45, 2.75) is 19.4 Å². The van der Waals surface area contributed by atoms with Crippen LogP contribution in [0.4, 0.5) is 0 Å². The third kappa shape index (κ3) is 9.32. The van der Waals surface area contributed by atoms with Crippen LogP contribution in [0.1, 0.15) is 17.5 Å². The van der Waals surface area contributed by atoms with E-state index in [1.54, 1.807) is 0 Å². The number of hydrogen-bond donors (Lipinski definition) is 2. The van der Waals surface area contributed by atoms with Gasteiger partial charge in [0.05, 0.1) is 13.2 Å². The van der Waals surface area contributed by atoms with Gasteiger partial charge in [-0.05, 0) is 36.1 Å². The number of guanidine groups is 1. The molecule has 3 rings (SSSR count). The lowest BCUT2D eigenvalue weighted by Crippen LogP contribution is -2.37. The number of ether oxygens (including phenoxy) is 2. The van der Waals surface area contributed by atoms with E-state index in [1.807, 2.05) is 30.3 Å². The summed E-state index contributed by atoms with van der Waals surface area (Å²) in [6.07, 6.45) is 1.91. The molecule has 1 aliphatic heterocycles. The molecule has 0 amide bonds. The van der Waals surface area contributed by atoms with Crippen LogP contribution in [-0.2, 0) is 17.8 Å². The van der Waals surface area contributed by atoms with E-state index in [9.17, 15) is 0 Å². The highest BCUT2D eigenvalue weighted by Gasteiger charge is 2.08. The van der Waals surface area contributed by atoms with Gasteiger partial charge < -0.3 is 20.5 Å². The topological polar surface area (TPSA) is 72.1 Å². The number of nitrogens with zero attached hydrogens (tertiary/aromatic N) is 2. The smallest absolute Gasteiger partial charge is 0.188 e. The standard InChI is InChI=1S/C23H32N4O2.HI/c24-23(25-12-4-14-27-15-17-28-18-16-27)26-13-11-20-7-9-22(10-8-20)29-19-21-5-2-1-3-6-21;/h1-3,5-10H,4,11-19H2,(H3,24,25,26);1H. The van der Waals surface area contributed by atoms with Gasteiger partial charge in [0.2, 0.25) is 0 Å². The van der Waals surface area contributed by atoms with Crippen LogP contribution < -0.4 is 15.8 Å². The minimum Gasteiger partial charge on any atom is -0.489 e. The van der Waals surface area contributed by atoms with Crippen LogP contribution in [0.15, 0.2) is 59.6 Å². The van der Waals surface area contributed by atoms with E-state index < -0.39 is 0 Å². The molecule has 0 aromatic heterocycles. The number of hydrogen-bond acceptors (Lipinski definition) is 4. The minimum absolute atomic E-state index is 0. The van der Waals surface area contributed by atoms with Crippen molar-refractivity contribution < 1.29 is 9.47 Å². The van der Waals surface area contributed by atoms with Gasteiger partial charge in [0, 0.05) is 32.7 Å². The third-order valence-corrected chi connectivity index (χ3v) is 4.91. The molecule has 1 heterocycles. The Morgan fingerprint density at radius 1 is 1.03 bits per heavy atom. The summed E-state index contributed by atoms with van der Waals surface area (Å²) in [5.41, 5.74) is 8.37. The SMILES string of the molecule is I.NC(=NCCCN1CCOCC1)NCCc1ccc(OCc2ccccc2)cc1. The summed E-state index contributed by atoms with van der Waals surface area (Å²) < 4.78 is 11.2. The summed E-state index contributed by atoms with van der Waals surface area (Å²) in [4.78, 5) is 6.82. The number of rotatable bonds is 10. The van der Waals surface area contributed by atoms with Gasteiger partial charge in [-0.1, -0.05) is 42.5 Å². The average molecular weight is 524 g/mol. The van der Waals surface area contributed by atoms with E-state index in [0.717, 1.165) is 64.5 Å². The summed E-state index contributed by atoms with van der Waals surface area (Å²) in [5.74, 6) is 1.40. The summed E-state index contributed by atoms with van der Waals surface area (Å²) in [5, 5.41) is 3.19. The quantitative estimate of drug-likeness (QED) is 0.217. The van der Waals surface area contributed by atoms with Crippen LogP contribution >= 0.6 is 24.0 Å². The van der Waals surface area contributed by atoms with Crippen LogP contribution in [-0.4, -0.2) is 56.8 Å². The fourth-order valence-electron chi connectivity index (χ4n) is 3.20. The maximum atomic E-state index is 5.96. The van der Waals surface area contributed by atoms with Crippen molar-refractivity contribution in [1.29, 1.82) is 0 Å². The lowest BCUT2D eigenvalue weighted by atomic mass is 10.1. The molecule has 2 aromatic carbocycles. The zero-order valence-electron chi connectivity index (χ0n) is 17.5. The Morgan fingerprint density at radius 3 is 2.50 bits per heavy atom. The number of benzene rings is 2. The summed E-state index contributed by atoms with van der Waals surface area (Å²) in [7, 11) is 0. The fourth-order valence-corrected chi connectivity index (χ4v) is 3.20. The van der Waals surface area contributed by atoms with E-state index in [4.69, 9.17) is 15.2 Å². The summed E-state index contributed by atoms with van der Waals surface area (Å²) in [6, 6.07) is 18.4. The number of nitrogens with one attached hydrogen (secondary N) is 1. The van der Waals surface area contributed by atoms with Gasteiger partial charge in [0.1, 0.15) is 12.4 Å². The van der Waals surface area contributed by atoms with E-state index >= 15 is 0 Å². The summed E-state index contributed by atoms with van der Waals surface area (Å²) >= 11 is 0. The van der Waals surface area contributed by atoms with Gasteiger partial charge in [0.25, 0.3) is 0 Å². The number of halogens is 1. The molecule has 0 unspecified atom stereocenters. The first-order valence-corrected chi connectivity index (χ1v) is 10.4. The lowest BCUT2D eigenvalue weighted by molar-refractivity contribution is 0.0377. The molecule has 0 aliphatic carbocycles. The van der Waals surface area contributed by atoms with Crippen molar-refractivity contribution in [3.8, 4) is 5.75 Å². The zero-order chi connectivity index (χ0) is 20.2. The van der Waals surface area contributed by atoms with Gasteiger partial charge in [-0.2, -0.15) is 0 Å². The predicted octanol–water partition coefficient (Wildman–Crippen LogP) is 3.05. The molecule has 1 saturated heterocycles. The summed E-state index contributed by atoms with van der Waals surface area (Å²) in [6.45, 7) is 6.88. The maximum Gasteiger partial charge on any atom is 0.188 e. The van der Waals surface area contributed by atoms with Crippen molar-refractivity contribution >= 4 is 29.9 Å². The highest BCUT2D eigenvalue weighted by Crippen LogP contribution is 2.14. The molecule has 6 nitrogen and oxygen atoms in total. The largest absolute Gasteiger partial charge is 0.489 e. The second kappa shape index (κ2) is 14.2. The van der Waals surface area contributed by atoms with Gasteiger partial charge in [-0.25, -0.2) is 0 Å². The number of morpholine rings is 1. The Labute approximate surface area is 196 Å². The molecule has 3 N–H and O–H groups in total. The minimum atomic E-state index is 0. The molecule has 2 aromatic rings. The second-order valence-electron chi connectivity index (χ2n) is 7.17. The molecule has 0 radical (unpaired) electrons. The van der Waals surface area contributed by atoms with Crippen LogP contribution in [0.2, 0.25) is 0 Å². The molecule has 1 fully saturated rings. The van der Waals surface area contributed by atoms with Gasteiger partial charge in [-0.3, -0.25) is 9.89 Å². The van der Waals surface area contributed by atoms with Crippen molar-refractivity contribution in [1.82, 2.24) is 10.2 Å². The fraction of sp³-hybridized carbons (Fsp3) is 0.435. The molecule has 7 heteroatoms. The third-order valence-electron chi connectivity index (χ3n) is 4.91.